The molecule has 0 aromatic heterocycles. The minimum absolute atomic E-state index is 0.830. The van der Waals surface area contributed by atoms with Gasteiger partial charge in [-0.3, -0.25) is 0 Å². The van der Waals surface area contributed by atoms with Crippen molar-refractivity contribution in [1.29, 1.82) is 0 Å². The SMILES string of the molecule is OCC1O[C@@H](O[C@@H]2C(CO)O[C@@H](O[C@@H]3C(CO)O[C@@H](O[C@@H]4C(CO)O[C@@H](O[C@@H]5C(CO)O[C@@H](O[C@@H]6C(CO)OC(O)C(O)[C@H]6O)C(O)[C@H]5O)C(O)[C@H]4O)C(O)[C@H]3O)C(O)[C@H]2O)C(O)[C@@H](O)[C@@H]1O. The summed E-state index contributed by atoms with van der Waals surface area (Å²) in [5, 5.41) is 209. The first-order chi connectivity index (χ1) is 31.8. The highest BCUT2D eigenvalue weighted by Gasteiger charge is 2.57. The Kier molecular flexibility index (Phi) is 19.4. The molecule has 6 fully saturated rings. The van der Waals surface area contributed by atoms with Crippen molar-refractivity contribution in [3.05, 3.63) is 0 Å². The Morgan fingerprint density at radius 2 is 0.433 bits per heavy atom. The molecule has 31 nitrogen and oxygen atoms in total. The van der Waals surface area contributed by atoms with Crippen LogP contribution in [0.3, 0.4) is 0 Å². The van der Waals surface area contributed by atoms with Crippen LogP contribution in [0.1, 0.15) is 0 Å². The maximum Gasteiger partial charge on any atom is 0.187 e. The van der Waals surface area contributed by atoms with Crippen molar-refractivity contribution in [2.45, 2.75) is 184 Å². The van der Waals surface area contributed by atoms with Gasteiger partial charge in [0.25, 0.3) is 0 Å². The Morgan fingerprint density at radius 1 is 0.224 bits per heavy atom. The first-order valence-corrected chi connectivity index (χ1v) is 21.1. The van der Waals surface area contributed by atoms with Gasteiger partial charge >= 0.3 is 0 Å². The Hall–Kier alpha value is -1.24. The molecule has 0 amide bonds. The Morgan fingerprint density at radius 3 is 0.687 bits per heavy atom. The van der Waals surface area contributed by atoms with Gasteiger partial charge in [-0.05, 0) is 0 Å². The molecule has 13 unspecified atom stereocenters. The lowest BCUT2D eigenvalue weighted by Crippen LogP contribution is -2.68. The summed E-state index contributed by atoms with van der Waals surface area (Å²) in [6, 6.07) is 0. The quantitative estimate of drug-likeness (QED) is 0.0683. The summed E-state index contributed by atoms with van der Waals surface area (Å²) in [7, 11) is 0. The average Bonchev–Trinajstić information content (AvgIpc) is 3.32. The standard InChI is InChI=1S/C36H62O31/c37-1-7-13(43)14(44)21(51)32(58-7)64-27-9(3-39)60-34(23(53)16(27)46)66-29-11(5-41)62-36(25(55)18(29)48)67-30-12(6-42)61-35(24(54)19(30)49)65-28-10(4-40)59-33(22(52)17(28)47)63-26-8(2-38)57-31(56)20(50)15(26)45/h7-56H,1-6H2/t7?,8?,9?,10?,11?,12?,13-,14+,15-,16-,17-,18-,19-,20?,21?,22?,23?,24?,25?,26-,27-,28-,29-,30-,31?,32+,33+,34+,35+,36+/m1/s1. The van der Waals surface area contributed by atoms with Gasteiger partial charge in [-0.25, -0.2) is 0 Å². The van der Waals surface area contributed by atoms with Crippen LogP contribution in [0.25, 0.3) is 0 Å². The summed E-state index contributed by atoms with van der Waals surface area (Å²) in [6.45, 7) is -5.67. The summed E-state index contributed by atoms with van der Waals surface area (Å²) >= 11 is 0. The molecule has 0 saturated carbocycles. The molecule has 6 aliphatic rings. The Balaban J connectivity index is 1.07. The first kappa shape index (κ1) is 55.1. The van der Waals surface area contributed by atoms with Crippen LogP contribution in [0.5, 0.6) is 0 Å². The van der Waals surface area contributed by atoms with Crippen LogP contribution >= 0.6 is 0 Å². The maximum absolute atomic E-state index is 11.2. The third-order valence-corrected chi connectivity index (χ3v) is 12.4. The van der Waals surface area contributed by atoms with E-state index < -0.39 is 224 Å². The third-order valence-electron chi connectivity index (χ3n) is 12.4. The fourth-order valence-corrected chi connectivity index (χ4v) is 8.52. The molecular weight excluding hydrogens is 928 g/mol. The normalized spacial score (nSPS) is 53.4. The summed E-state index contributed by atoms with van der Waals surface area (Å²) in [5.74, 6) is 0. The van der Waals surface area contributed by atoms with E-state index in [0.717, 1.165) is 0 Å². The fourth-order valence-electron chi connectivity index (χ4n) is 8.52. The molecule has 392 valence electrons. The second-order valence-corrected chi connectivity index (χ2v) is 16.8. The van der Waals surface area contributed by atoms with Gasteiger partial charge in [-0.2, -0.15) is 0 Å². The minimum Gasteiger partial charge on any atom is -0.394 e. The van der Waals surface area contributed by atoms with E-state index in [1.54, 1.807) is 0 Å². The molecule has 30 atom stereocenters. The molecular formula is C36H62O31. The minimum atomic E-state index is -2.18. The van der Waals surface area contributed by atoms with Crippen molar-refractivity contribution in [3.63, 3.8) is 0 Å². The highest BCUT2D eigenvalue weighted by Crippen LogP contribution is 2.36. The van der Waals surface area contributed by atoms with Crippen LogP contribution in [-0.4, -0.2) is 326 Å². The second kappa shape index (κ2) is 23.5. The van der Waals surface area contributed by atoms with E-state index >= 15 is 0 Å². The van der Waals surface area contributed by atoms with Crippen LogP contribution in [-0.2, 0) is 52.1 Å². The Bertz CT molecular complexity index is 1500. The lowest BCUT2D eigenvalue weighted by molar-refractivity contribution is -0.396. The van der Waals surface area contributed by atoms with Crippen molar-refractivity contribution >= 4 is 0 Å². The van der Waals surface area contributed by atoms with Crippen molar-refractivity contribution in [2.24, 2.45) is 0 Å². The van der Waals surface area contributed by atoms with E-state index in [9.17, 15) is 102 Å². The van der Waals surface area contributed by atoms with E-state index in [4.69, 9.17) is 52.1 Å². The zero-order chi connectivity index (χ0) is 49.3. The topological polar surface area (TPSA) is 506 Å². The van der Waals surface area contributed by atoms with Crippen LogP contribution in [0.4, 0.5) is 0 Å². The van der Waals surface area contributed by atoms with Gasteiger partial charge in [0.05, 0.1) is 39.6 Å². The summed E-state index contributed by atoms with van der Waals surface area (Å²) in [4.78, 5) is 0. The third kappa shape index (κ3) is 11.2. The number of ether oxygens (including phenoxy) is 11. The van der Waals surface area contributed by atoms with E-state index in [0.29, 0.717) is 0 Å². The molecule has 6 heterocycles. The van der Waals surface area contributed by atoms with E-state index in [-0.39, 0.29) is 0 Å². The zero-order valence-corrected chi connectivity index (χ0v) is 35.0. The highest BCUT2D eigenvalue weighted by molar-refractivity contribution is 5.00. The van der Waals surface area contributed by atoms with Crippen LogP contribution in [0.15, 0.2) is 0 Å². The number of hydrogen-bond donors (Lipinski definition) is 20. The van der Waals surface area contributed by atoms with Crippen molar-refractivity contribution < 1.29 is 154 Å². The fraction of sp³-hybridized carbons (Fsp3) is 1.00. The number of hydrogen-bond acceptors (Lipinski definition) is 31. The summed E-state index contributed by atoms with van der Waals surface area (Å²) in [6.07, 6.45) is -56.5. The summed E-state index contributed by atoms with van der Waals surface area (Å²) in [5.41, 5.74) is 0. The number of aliphatic hydroxyl groups is 20. The first-order valence-electron chi connectivity index (χ1n) is 21.1. The lowest BCUT2D eigenvalue weighted by atomic mass is 9.95. The molecule has 0 bridgehead atoms. The predicted molar refractivity (Wildman–Crippen MR) is 199 cm³/mol. The highest BCUT2D eigenvalue weighted by atomic mass is 16.8. The van der Waals surface area contributed by atoms with Crippen LogP contribution in [0.2, 0.25) is 0 Å². The molecule has 0 spiro atoms. The van der Waals surface area contributed by atoms with Crippen LogP contribution < -0.4 is 0 Å². The van der Waals surface area contributed by atoms with Crippen molar-refractivity contribution in [3.8, 4) is 0 Å². The van der Waals surface area contributed by atoms with Gasteiger partial charge in [0.1, 0.15) is 146 Å². The van der Waals surface area contributed by atoms with Gasteiger partial charge < -0.3 is 154 Å². The molecule has 0 aromatic carbocycles. The largest absolute Gasteiger partial charge is 0.394 e. The van der Waals surface area contributed by atoms with E-state index in [2.05, 4.69) is 0 Å². The van der Waals surface area contributed by atoms with Gasteiger partial charge in [-0.1, -0.05) is 0 Å². The van der Waals surface area contributed by atoms with Crippen molar-refractivity contribution in [1.82, 2.24) is 0 Å². The average molecular weight is 991 g/mol. The molecule has 0 radical (unpaired) electrons. The second-order valence-electron chi connectivity index (χ2n) is 16.8. The van der Waals surface area contributed by atoms with Gasteiger partial charge in [0.15, 0.2) is 37.7 Å². The molecule has 6 rings (SSSR count). The zero-order valence-electron chi connectivity index (χ0n) is 35.0. The number of aliphatic hydroxyl groups excluding tert-OH is 20. The van der Waals surface area contributed by atoms with Crippen molar-refractivity contribution in [2.75, 3.05) is 39.6 Å². The lowest BCUT2D eigenvalue weighted by Gasteiger charge is -2.49. The maximum atomic E-state index is 11.2. The monoisotopic (exact) mass is 990 g/mol. The van der Waals surface area contributed by atoms with E-state index in [1.807, 2.05) is 0 Å². The Labute approximate surface area is 378 Å². The molecule has 0 aromatic rings. The molecule has 6 aliphatic heterocycles. The van der Waals surface area contributed by atoms with Gasteiger partial charge in [0.2, 0.25) is 0 Å². The molecule has 20 N–H and O–H groups in total. The molecule has 0 aliphatic carbocycles. The molecule has 67 heavy (non-hydrogen) atoms. The number of rotatable bonds is 16. The van der Waals surface area contributed by atoms with Crippen LogP contribution in [0, 0.1) is 0 Å². The predicted octanol–water partition coefficient (Wildman–Crippen LogP) is -14.1. The van der Waals surface area contributed by atoms with Gasteiger partial charge in [-0.15, -0.1) is 0 Å². The van der Waals surface area contributed by atoms with Gasteiger partial charge in [0, 0.05) is 0 Å². The molecule has 6 saturated heterocycles. The van der Waals surface area contributed by atoms with E-state index in [1.165, 1.54) is 0 Å². The smallest absolute Gasteiger partial charge is 0.187 e. The molecule has 31 heteroatoms. The summed E-state index contributed by atoms with van der Waals surface area (Å²) < 4.78 is 60.5.